The Hall–Kier alpha value is -3.92. The number of rotatable bonds is 11. The van der Waals surface area contributed by atoms with Crippen molar-refractivity contribution >= 4 is 27.5 Å². The van der Waals surface area contributed by atoms with Crippen LogP contribution in [0.1, 0.15) is 45.2 Å². The first-order chi connectivity index (χ1) is 19.3. The van der Waals surface area contributed by atoms with Gasteiger partial charge in [0, 0.05) is 12.1 Å². The zero-order chi connectivity index (χ0) is 30.4. The highest BCUT2D eigenvalue weighted by Crippen LogP contribution is 2.27. The second-order valence-corrected chi connectivity index (χ2v) is 12.7. The number of ether oxygens (including phenoxy) is 1. The van der Waals surface area contributed by atoms with Crippen LogP contribution in [0.5, 0.6) is 5.75 Å². The zero-order valence-electron chi connectivity index (χ0n) is 24.3. The summed E-state index contributed by atoms with van der Waals surface area (Å²) in [5.41, 5.74) is 0.727. The number of amides is 2. The quantitative estimate of drug-likeness (QED) is 0.341. The maximum Gasteiger partial charge on any atom is 0.264 e. The lowest BCUT2D eigenvalue weighted by Gasteiger charge is -2.34. The molecule has 41 heavy (non-hydrogen) atoms. The van der Waals surface area contributed by atoms with E-state index in [9.17, 15) is 18.0 Å². The van der Waals surface area contributed by atoms with Crippen LogP contribution >= 0.6 is 0 Å². The highest BCUT2D eigenvalue weighted by molar-refractivity contribution is 7.92. The topological polar surface area (TPSA) is 96.0 Å². The van der Waals surface area contributed by atoms with E-state index < -0.39 is 39.9 Å². The summed E-state index contributed by atoms with van der Waals surface area (Å²) in [6.07, 6.45) is 0.272. The summed E-state index contributed by atoms with van der Waals surface area (Å²) in [6.45, 7) is 8.41. The number of para-hydroxylation sites is 1. The van der Waals surface area contributed by atoms with Crippen LogP contribution in [-0.4, -0.2) is 50.4 Å². The molecule has 0 bridgehead atoms. The van der Waals surface area contributed by atoms with E-state index in [1.807, 2.05) is 27.7 Å². The summed E-state index contributed by atoms with van der Waals surface area (Å²) in [7, 11) is -2.81. The molecule has 0 aliphatic rings. The van der Waals surface area contributed by atoms with Crippen LogP contribution < -0.4 is 14.4 Å². The van der Waals surface area contributed by atoms with Gasteiger partial charge in [-0.1, -0.05) is 48.9 Å². The van der Waals surface area contributed by atoms with E-state index in [-0.39, 0.29) is 29.5 Å². The summed E-state index contributed by atoms with van der Waals surface area (Å²) >= 11 is 0. The first-order valence-electron chi connectivity index (χ1n) is 13.3. The molecule has 8 nitrogen and oxygen atoms in total. The molecule has 0 saturated carbocycles. The van der Waals surface area contributed by atoms with Crippen molar-refractivity contribution in [3.8, 4) is 5.75 Å². The van der Waals surface area contributed by atoms with Crippen molar-refractivity contribution in [2.75, 3.05) is 18.0 Å². The summed E-state index contributed by atoms with van der Waals surface area (Å²) in [4.78, 5) is 28.7. The lowest BCUT2D eigenvalue weighted by Crippen LogP contribution is -2.55. The van der Waals surface area contributed by atoms with Gasteiger partial charge in [-0.25, -0.2) is 12.8 Å². The Labute approximate surface area is 242 Å². The van der Waals surface area contributed by atoms with Crippen molar-refractivity contribution in [3.63, 3.8) is 0 Å². The molecule has 2 amide bonds. The van der Waals surface area contributed by atoms with Crippen LogP contribution in [0.25, 0.3) is 0 Å². The molecule has 0 fully saturated rings. The van der Waals surface area contributed by atoms with E-state index in [0.29, 0.717) is 11.3 Å². The normalized spacial score (nSPS) is 12.4. The number of nitrogens with zero attached hydrogens (tertiary/aromatic N) is 2. The van der Waals surface area contributed by atoms with Crippen molar-refractivity contribution in [1.29, 1.82) is 0 Å². The van der Waals surface area contributed by atoms with Crippen LogP contribution in [0.3, 0.4) is 0 Å². The number of aryl methyl sites for hydroxylation is 1. The van der Waals surface area contributed by atoms with Gasteiger partial charge in [0.2, 0.25) is 11.8 Å². The van der Waals surface area contributed by atoms with E-state index in [1.165, 1.54) is 35.2 Å². The summed E-state index contributed by atoms with van der Waals surface area (Å²) in [5, 5.41) is 2.92. The number of carbonyl (C=O) groups excluding carboxylic acids is 2. The average Bonchev–Trinajstić information content (AvgIpc) is 2.91. The maximum absolute atomic E-state index is 15.1. The van der Waals surface area contributed by atoms with Gasteiger partial charge >= 0.3 is 0 Å². The largest absolute Gasteiger partial charge is 0.497 e. The molecule has 0 aromatic heterocycles. The van der Waals surface area contributed by atoms with Gasteiger partial charge < -0.3 is 15.0 Å². The predicted octanol–water partition coefficient (Wildman–Crippen LogP) is 5.06. The van der Waals surface area contributed by atoms with Gasteiger partial charge in [-0.15, -0.1) is 0 Å². The molecule has 0 heterocycles. The van der Waals surface area contributed by atoms with Gasteiger partial charge in [0.15, 0.2) is 0 Å². The average molecular weight is 584 g/mol. The fraction of sp³-hybridized carbons (Fsp3) is 0.355. The molecule has 220 valence electrons. The molecular formula is C31H38FN3O5S. The van der Waals surface area contributed by atoms with Gasteiger partial charge in [0.1, 0.15) is 24.2 Å². The number of methoxy groups -OCH3 is 1. The SMILES string of the molecule is CC[C@H](C(=O)NC(C)(C)C)N(Cc1ccc(OC)cc1)C(=O)CN(c1ccccc1F)S(=O)(=O)c1ccc(C)cc1. The Bertz CT molecular complexity index is 1450. The molecule has 0 unspecified atom stereocenters. The zero-order valence-corrected chi connectivity index (χ0v) is 25.2. The fourth-order valence-corrected chi connectivity index (χ4v) is 5.73. The Morgan fingerprint density at radius 2 is 1.59 bits per heavy atom. The molecule has 3 aromatic rings. The third kappa shape index (κ3) is 8.07. The van der Waals surface area contributed by atoms with Crippen LogP contribution in [0.15, 0.2) is 77.7 Å². The van der Waals surface area contributed by atoms with Crippen LogP contribution in [0.4, 0.5) is 10.1 Å². The highest BCUT2D eigenvalue weighted by Gasteiger charge is 2.35. The van der Waals surface area contributed by atoms with Crippen LogP contribution in [0.2, 0.25) is 0 Å². The van der Waals surface area contributed by atoms with E-state index in [0.717, 1.165) is 15.9 Å². The molecule has 0 saturated heterocycles. The number of halogens is 1. The van der Waals surface area contributed by atoms with Gasteiger partial charge in [0.05, 0.1) is 17.7 Å². The number of anilines is 1. The van der Waals surface area contributed by atoms with Crippen LogP contribution in [-0.2, 0) is 26.2 Å². The van der Waals surface area contributed by atoms with Gasteiger partial charge in [0.25, 0.3) is 10.0 Å². The predicted molar refractivity (Wildman–Crippen MR) is 158 cm³/mol. The van der Waals surface area contributed by atoms with E-state index in [4.69, 9.17) is 4.74 Å². The lowest BCUT2D eigenvalue weighted by atomic mass is 10.1. The summed E-state index contributed by atoms with van der Waals surface area (Å²) < 4.78 is 48.7. The molecule has 1 atom stereocenters. The molecule has 3 aromatic carbocycles. The Morgan fingerprint density at radius 1 is 0.976 bits per heavy atom. The van der Waals surface area contributed by atoms with Crippen molar-refractivity contribution < 1.29 is 27.1 Å². The maximum atomic E-state index is 15.1. The number of carbonyl (C=O) groups is 2. The molecular weight excluding hydrogens is 545 g/mol. The molecule has 0 spiro atoms. The standard InChI is InChI=1S/C31H38FN3O5S/c1-7-27(30(37)33-31(3,4)5)34(20-23-14-16-24(40-6)17-15-23)29(36)21-35(28-11-9-8-10-26(28)32)41(38,39)25-18-12-22(2)13-19-25/h8-19,27H,7,20-21H2,1-6H3,(H,33,37)/t27-/m1/s1. The Morgan fingerprint density at radius 3 is 2.12 bits per heavy atom. The Kier molecular flexibility index (Phi) is 10.1. The molecule has 1 N–H and O–H groups in total. The Balaban J connectivity index is 2.08. The molecule has 0 aliphatic heterocycles. The number of hydrogen-bond acceptors (Lipinski definition) is 5. The fourth-order valence-electron chi connectivity index (χ4n) is 4.30. The van der Waals surface area contributed by atoms with E-state index in [2.05, 4.69) is 5.32 Å². The van der Waals surface area contributed by atoms with Gasteiger partial charge in [-0.05, 0) is 76.1 Å². The molecule has 3 rings (SSSR count). The summed E-state index contributed by atoms with van der Waals surface area (Å²) in [5.74, 6) is -1.20. The third-order valence-corrected chi connectivity index (χ3v) is 8.18. The number of nitrogens with one attached hydrogen (secondary N) is 1. The minimum absolute atomic E-state index is 0.0224. The lowest BCUT2D eigenvalue weighted by molar-refractivity contribution is -0.141. The van der Waals surface area contributed by atoms with Gasteiger partial charge in [-0.2, -0.15) is 0 Å². The second-order valence-electron chi connectivity index (χ2n) is 10.8. The number of hydrogen-bond donors (Lipinski definition) is 1. The summed E-state index contributed by atoms with van der Waals surface area (Å²) in [6, 6.07) is 17.6. The molecule has 0 radical (unpaired) electrons. The minimum Gasteiger partial charge on any atom is -0.497 e. The van der Waals surface area contributed by atoms with Crippen molar-refractivity contribution in [2.45, 2.75) is 64.1 Å². The van der Waals surface area contributed by atoms with Gasteiger partial charge in [-0.3, -0.25) is 13.9 Å². The number of sulfonamides is 1. The minimum atomic E-state index is -4.36. The first kappa shape index (κ1) is 31.6. The molecule has 0 aliphatic carbocycles. The highest BCUT2D eigenvalue weighted by atomic mass is 32.2. The molecule has 10 heteroatoms. The second kappa shape index (κ2) is 13.2. The van der Waals surface area contributed by atoms with E-state index in [1.54, 1.807) is 50.4 Å². The third-order valence-electron chi connectivity index (χ3n) is 6.41. The number of benzene rings is 3. The van der Waals surface area contributed by atoms with Crippen molar-refractivity contribution in [2.24, 2.45) is 0 Å². The smallest absolute Gasteiger partial charge is 0.264 e. The van der Waals surface area contributed by atoms with Crippen LogP contribution in [0, 0.1) is 12.7 Å². The first-order valence-corrected chi connectivity index (χ1v) is 14.8. The van der Waals surface area contributed by atoms with Crippen molar-refractivity contribution in [1.82, 2.24) is 10.2 Å². The monoisotopic (exact) mass is 583 g/mol. The van der Waals surface area contributed by atoms with Crippen molar-refractivity contribution in [3.05, 3.63) is 89.7 Å². The van der Waals surface area contributed by atoms with E-state index >= 15 is 4.39 Å².